The SMILES string of the molecule is CN(C)CCCN1CCC(O)CC1=O. The number of hydrogen-bond donors (Lipinski definition) is 1. The van der Waals surface area contributed by atoms with Crippen molar-refractivity contribution >= 4 is 5.91 Å². The summed E-state index contributed by atoms with van der Waals surface area (Å²) in [6.07, 6.45) is 1.64. The Morgan fingerprint density at radius 2 is 2.29 bits per heavy atom. The molecule has 14 heavy (non-hydrogen) atoms. The van der Waals surface area contributed by atoms with Crippen LogP contribution in [0, 0.1) is 0 Å². The van der Waals surface area contributed by atoms with Gasteiger partial charge in [-0.3, -0.25) is 4.79 Å². The number of aliphatic hydroxyl groups excluding tert-OH is 1. The second-order valence-corrected chi connectivity index (χ2v) is 4.18. The third kappa shape index (κ3) is 3.64. The third-order valence-corrected chi connectivity index (χ3v) is 2.53. The molecule has 1 fully saturated rings. The highest BCUT2D eigenvalue weighted by Crippen LogP contribution is 2.11. The molecule has 0 aromatic heterocycles. The lowest BCUT2D eigenvalue weighted by Gasteiger charge is -2.29. The Bertz CT molecular complexity index is 195. The standard InChI is InChI=1S/C10H20N2O2/c1-11(2)5-3-6-12-7-4-9(13)8-10(12)14/h9,13H,3-8H2,1-2H3. The second-order valence-electron chi connectivity index (χ2n) is 4.18. The Kier molecular flexibility index (Phi) is 4.35. The molecule has 1 atom stereocenters. The van der Waals surface area contributed by atoms with E-state index in [2.05, 4.69) is 4.90 Å². The van der Waals surface area contributed by atoms with Crippen LogP contribution in [-0.4, -0.2) is 60.6 Å². The molecule has 4 heteroatoms. The molecule has 4 nitrogen and oxygen atoms in total. The molecule has 0 aliphatic carbocycles. The Hall–Kier alpha value is -0.610. The molecule has 1 amide bonds. The van der Waals surface area contributed by atoms with Gasteiger partial charge in [0, 0.05) is 13.1 Å². The number of carbonyl (C=O) groups is 1. The minimum atomic E-state index is -0.410. The van der Waals surface area contributed by atoms with Gasteiger partial charge in [0.2, 0.25) is 5.91 Å². The number of nitrogens with zero attached hydrogens (tertiary/aromatic N) is 2. The van der Waals surface area contributed by atoms with E-state index in [1.807, 2.05) is 19.0 Å². The smallest absolute Gasteiger partial charge is 0.225 e. The summed E-state index contributed by atoms with van der Waals surface area (Å²) >= 11 is 0. The molecule has 0 saturated carbocycles. The van der Waals surface area contributed by atoms with Crippen LogP contribution in [-0.2, 0) is 4.79 Å². The van der Waals surface area contributed by atoms with Gasteiger partial charge in [-0.2, -0.15) is 0 Å². The van der Waals surface area contributed by atoms with Gasteiger partial charge in [-0.05, 0) is 33.5 Å². The van der Waals surface area contributed by atoms with Crippen LogP contribution in [0.1, 0.15) is 19.3 Å². The van der Waals surface area contributed by atoms with Crippen LogP contribution in [0.25, 0.3) is 0 Å². The van der Waals surface area contributed by atoms with Crippen molar-refractivity contribution in [2.45, 2.75) is 25.4 Å². The number of carbonyl (C=O) groups excluding carboxylic acids is 1. The summed E-state index contributed by atoms with van der Waals surface area (Å²) in [5, 5.41) is 9.26. The van der Waals surface area contributed by atoms with Gasteiger partial charge in [0.1, 0.15) is 0 Å². The van der Waals surface area contributed by atoms with Crippen LogP contribution < -0.4 is 0 Å². The summed E-state index contributed by atoms with van der Waals surface area (Å²) in [4.78, 5) is 15.4. The quantitative estimate of drug-likeness (QED) is 0.690. The van der Waals surface area contributed by atoms with Gasteiger partial charge in [0.25, 0.3) is 0 Å². The molecule has 1 heterocycles. The summed E-state index contributed by atoms with van der Waals surface area (Å²) in [5.74, 6) is 0.0995. The number of amides is 1. The normalized spacial score (nSPS) is 23.3. The number of aliphatic hydroxyl groups is 1. The Morgan fingerprint density at radius 1 is 1.57 bits per heavy atom. The van der Waals surface area contributed by atoms with Gasteiger partial charge in [-0.25, -0.2) is 0 Å². The fraction of sp³-hybridized carbons (Fsp3) is 0.900. The van der Waals surface area contributed by atoms with Crippen molar-refractivity contribution in [3.63, 3.8) is 0 Å². The summed E-state index contributed by atoms with van der Waals surface area (Å²) < 4.78 is 0. The summed E-state index contributed by atoms with van der Waals surface area (Å²) in [7, 11) is 4.06. The minimum absolute atomic E-state index is 0.0995. The van der Waals surface area contributed by atoms with Gasteiger partial charge in [0.15, 0.2) is 0 Å². The molecule has 1 unspecified atom stereocenters. The van der Waals surface area contributed by atoms with Crippen molar-refractivity contribution in [1.82, 2.24) is 9.80 Å². The number of piperidine rings is 1. The first-order valence-electron chi connectivity index (χ1n) is 5.20. The molecule has 0 aromatic rings. The molecule has 1 aliphatic heterocycles. The van der Waals surface area contributed by atoms with Crippen molar-refractivity contribution in [2.24, 2.45) is 0 Å². The van der Waals surface area contributed by atoms with Crippen molar-refractivity contribution in [2.75, 3.05) is 33.7 Å². The molecule has 0 bridgehead atoms. The lowest BCUT2D eigenvalue weighted by Crippen LogP contribution is -2.41. The minimum Gasteiger partial charge on any atom is -0.393 e. The van der Waals surface area contributed by atoms with Gasteiger partial charge in [-0.1, -0.05) is 0 Å². The van der Waals surface area contributed by atoms with E-state index < -0.39 is 6.10 Å². The fourth-order valence-electron chi connectivity index (χ4n) is 1.68. The van der Waals surface area contributed by atoms with E-state index in [9.17, 15) is 9.90 Å². The maximum absolute atomic E-state index is 11.4. The number of likely N-dealkylation sites (tertiary alicyclic amines) is 1. The molecule has 1 rings (SSSR count). The third-order valence-electron chi connectivity index (χ3n) is 2.53. The monoisotopic (exact) mass is 200 g/mol. The summed E-state index contributed by atoms with van der Waals surface area (Å²) in [6.45, 7) is 2.55. The Balaban J connectivity index is 2.21. The van der Waals surface area contributed by atoms with Crippen LogP contribution in [0.15, 0.2) is 0 Å². The first kappa shape index (κ1) is 11.5. The molecular weight excluding hydrogens is 180 g/mol. The molecule has 1 saturated heterocycles. The first-order valence-corrected chi connectivity index (χ1v) is 5.20. The van der Waals surface area contributed by atoms with E-state index >= 15 is 0 Å². The van der Waals surface area contributed by atoms with Crippen LogP contribution in [0.4, 0.5) is 0 Å². The zero-order chi connectivity index (χ0) is 10.6. The molecule has 0 radical (unpaired) electrons. The van der Waals surface area contributed by atoms with E-state index in [1.165, 1.54) is 0 Å². The van der Waals surface area contributed by atoms with Crippen molar-refractivity contribution in [1.29, 1.82) is 0 Å². The summed E-state index contributed by atoms with van der Waals surface area (Å²) in [5.41, 5.74) is 0. The number of hydrogen-bond acceptors (Lipinski definition) is 3. The Labute approximate surface area is 85.5 Å². The van der Waals surface area contributed by atoms with Gasteiger partial charge in [-0.15, -0.1) is 0 Å². The van der Waals surface area contributed by atoms with Gasteiger partial charge < -0.3 is 14.9 Å². The van der Waals surface area contributed by atoms with Crippen LogP contribution in [0.5, 0.6) is 0 Å². The van der Waals surface area contributed by atoms with E-state index in [4.69, 9.17) is 0 Å². The van der Waals surface area contributed by atoms with E-state index in [0.29, 0.717) is 13.0 Å². The maximum atomic E-state index is 11.4. The average Bonchev–Trinajstić information content (AvgIpc) is 2.08. The molecular formula is C10H20N2O2. The van der Waals surface area contributed by atoms with Crippen LogP contribution >= 0.6 is 0 Å². The van der Waals surface area contributed by atoms with Gasteiger partial charge >= 0.3 is 0 Å². The first-order chi connectivity index (χ1) is 6.59. The zero-order valence-corrected chi connectivity index (χ0v) is 9.07. The maximum Gasteiger partial charge on any atom is 0.225 e. The average molecular weight is 200 g/mol. The molecule has 82 valence electrons. The topological polar surface area (TPSA) is 43.8 Å². The predicted octanol–water partition coefficient (Wildman–Crippen LogP) is -0.0786. The van der Waals surface area contributed by atoms with Crippen LogP contribution in [0.2, 0.25) is 0 Å². The predicted molar refractivity (Wildman–Crippen MR) is 55.0 cm³/mol. The zero-order valence-electron chi connectivity index (χ0n) is 9.07. The Morgan fingerprint density at radius 3 is 2.86 bits per heavy atom. The lowest BCUT2D eigenvalue weighted by atomic mass is 10.1. The molecule has 0 aromatic carbocycles. The highest BCUT2D eigenvalue weighted by atomic mass is 16.3. The molecule has 1 N–H and O–H groups in total. The number of rotatable bonds is 4. The highest BCUT2D eigenvalue weighted by molar-refractivity contribution is 5.77. The van der Waals surface area contributed by atoms with E-state index in [-0.39, 0.29) is 5.91 Å². The van der Waals surface area contributed by atoms with Crippen molar-refractivity contribution in [3.8, 4) is 0 Å². The van der Waals surface area contributed by atoms with Gasteiger partial charge in [0.05, 0.1) is 12.5 Å². The summed E-state index contributed by atoms with van der Waals surface area (Å²) in [6, 6.07) is 0. The van der Waals surface area contributed by atoms with E-state index in [0.717, 1.165) is 25.9 Å². The van der Waals surface area contributed by atoms with E-state index in [1.54, 1.807) is 0 Å². The molecule has 1 aliphatic rings. The van der Waals surface area contributed by atoms with Crippen molar-refractivity contribution in [3.05, 3.63) is 0 Å². The molecule has 0 spiro atoms. The lowest BCUT2D eigenvalue weighted by molar-refractivity contribution is -0.137. The highest BCUT2D eigenvalue weighted by Gasteiger charge is 2.23. The fourth-order valence-corrected chi connectivity index (χ4v) is 1.68. The van der Waals surface area contributed by atoms with Crippen LogP contribution in [0.3, 0.4) is 0 Å². The second kappa shape index (κ2) is 5.32. The largest absolute Gasteiger partial charge is 0.393 e. The van der Waals surface area contributed by atoms with Crippen molar-refractivity contribution < 1.29 is 9.90 Å².